The predicted octanol–water partition coefficient (Wildman–Crippen LogP) is 5.51. The maximum absolute atomic E-state index is 13.2. The third-order valence-corrected chi connectivity index (χ3v) is 7.46. The van der Waals surface area contributed by atoms with Crippen molar-refractivity contribution in [3.8, 4) is 11.4 Å². The molecular formula is C27H43N5O6Si. The number of ether oxygens (including phenoxy) is 3. The smallest absolute Gasteiger partial charge is 0.425 e. The third kappa shape index (κ3) is 8.75. The molecule has 216 valence electrons. The van der Waals surface area contributed by atoms with Gasteiger partial charge < -0.3 is 14.2 Å². The molecule has 0 aliphatic heterocycles. The Bertz CT molecular complexity index is 1230. The number of amides is 2. The van der Waals surface area contributed by atoms with Gasteiger partial charge in [-0.15, -0.1) is 0 Å². The molecule has 2 amide bonds. The molecule has 12 heteroatoms. The summed E-state index contributed by atoms with van der Waals surface area (Å²) in [7, 11) is 0.398. The first-order valence-electron chi connectivity index (χ1n) is 13.3. The summed E-state index contributed by atoms with van der Waals surface area (Å²) in [6, 6.07) is 2.60. The molecule has 11 nitrogen and oxygen atoms in total. The molecule has 39 heavy (non-hydrogen) atoms. The lowest BCUT2D eigenvalue weighted by Crippen LogP contribution is -2.44. The molecule has 2 aromatic heterocycles. The summed E-state index contributed by atoms with van der Waals surface area (Å²) in [6.07, 6.45) is 1.61. The Morgan fingerprint density at radius 1 is 1.03 bits per heavy atom. The summed E-state index contributed by atoms with van der Waals surface area (Å²) in [5.74, 6) is 0.264. The lowest BCUT2D eigenvalue weighted by atomic mass is 10.2. The fourth-order valence-corrected chi connectivity index (χ4v) is 4.30. The zero-order chi connectivity index (χ0) is 29.3. The number of hydrogen-bond acceptors (Lipinski definition) is 8. The van der Waals surface area contributed by atoms with Crippen LogP contribution >= 0.6 is 0 Å². The Balaban J connectivity index is 2.03. The van der Waals surface area contributed by atoms with Gasteiger partial charge in [0.1, 0.15) is 23.5 Å². The van der Waals surface area contributed by atoms with Crippen LogP contribution in [0.3, 0.4) is 0 Å². The SMILES string of the molecule is Cn1c(=O)c(-c2nc(C3CC3)cc(N(C(=O)OC(C)(C)C)C(=O)OC(C)(C)C)n2)cn1COCC[Si](C)(C)C. The van der Waals surface area contributed by atoms with Crippen LogP contribution in [0, 0.1) is 0 Å². The number of anilines is 1. The third-order valence-electron chi connectivity index (χ3n) is 5.76. The maximum Gasteiger partial charge on any atom is 0.425 e. The van der Waals surface area contributed by atoms with Gasteiger partial charge in [-0.25, -0.2) is 19.6 Å². The molecule has 0 unspecified atom stereocenters. The number of nitrogens with zero attached hydrogens (tertiary/aromatic N) is 5. The van der Waals surface area contributed by atoms with Gasteiger partial charge in [-0.3, -0.25) is 14.2 Å². The molecular weight excluding hydrogens is 518 g/mol. The summed E-state index contributed by atoms with van der Waals surface area (Å²) in [6.45, 7) is 17.9. The Hall–Kier alpha value is -2.99. The van der Waals surface area contributed by atoms with Crippen LogP contribution < -0.4 is 10.5 Å². The fraction of sp³-hybridized carbons (Fsp3) is 0.667. The van der Waals surface area contributed by atoms with E-state index in [0.29, 0.717) is 12.3 Å². The van der Waals surface area contributed by atoms with Gasteiger partial charge in [0.15, 0.2) is 11.6 Å². The monoisotopic (exact) mass is 561 g/mol. The molecule has 0 N–H and O–H groups in total. The Morgan fingerprint density at radius 3 is 2.08 bits per heavy atom. The molecule has 1 saturated carbocycles. The van der Waals surface area contributed by atoms with Crippen LogP contribution in [0.2, 0.25) is 25.7 Å². The van der Waals surface area contributed by atoms with Crippen LogP contribution in [0.5, 0.6) is 0 Å². The van der Waals surface area contributed by atoms with Crippen molar-refractivity contribution in [3.63, 3.8) is 0 Å². The van der Waals surface area contributed by atoms with Gasteiger partial charge in [0, 0.05) is 45.6 Å². The summed E-state index contributed by atoms with van der Waals surface area (Å²) in [5.41, 5.74) is -1.16. The van der Waals surface area contributed by atoms with Gasteiger partial charge >= 0.3 is 12.2 Å². The zero-order valence-electron chi connectivity index (χ0n) is 25.0. The average molecular weight is 562 g/mol. The van der Waals surface area contributed by atoms with E-state index in [1.165, 1.54) is 4.68 Å². The molecule has 1 aliphatic carbocycles. The minimum atomic E-state index is -1.25. The first kappa shape index (κ1) is 30.5. The molecule has 1 aliphatic rings. The normalized spacial score (nSPS) is 14.3. The van der Waals surface area contributed by atoms with Crippen molar-refractivity contribution < 1.29 is 23.8 Å². The predicted molar refractivity (Wildman–Crippen MR) is 152 cm³/mol. The number of rotatable bonds is 8. The quantitative estimate of drug-likeness (QED) is 0.306. The largest absolute Gasteiger partial charge is 0.443 e. The van der Waals surface area contributed by atoms with Crippen molar-refractivity contribution in [1.29, 1.82) is 0 Å². The van der Waals surface area contributed by atoms with E-state index < -0.39 is 31.5 Å². The topological polar surface area (TPSA) is 118 Å². The number of hydrogen-bond donors (Lipinski definition) is 0. The molecule has 2 heterocycles. The first-order chi connectivity index (χ1) is 17.8. The minimum Gasteiger partial charge on any atom is -0.443 e. The number of aromatic nitrogens is 4. The second-order valence-corrected chi connectivity index (χ2v) is 18.8. The molecule has 0 saturated heterocycles. The summed E-state index contributed by atoms with van der Waals surface area (Å²) < 4.78 is 20.0. The van der Waals surface area contributed by atoms with E-state index >= 15 is 0 Å². The second kappa shape index (κ2) is 11.2. The van der Waals surface area contributed by atoms with Crippen molar-refractivity contribution in [1.82, 2.24) is 19.3 Å². The standard InChI is InChI=1S/C27H43N5O6Si/c1-26(2,3)37-24(34)32(25(35)38-27(4,5)6)21-15-20(18-11-12-18)28-22(29-21)19-16-31(30(7)23(19)33)17-36-13-14-39(8,9)10/h15-16,18H,11-14,17H2,1-10H3. The van der Waals surface area contributed by atoms with Gasteiger partial charge in [-0.1, -0.05) is 19.6 Å². The zero-order valence-corrected chi connectivity index (χ0v) is 26.0. The second-order valence-electron chi connectivity index (χ2n) is 13.2. The van der Waals surface area contributed by atoms with Gasteiger partial charge in [0.2, 0.25) is 0 Å². The molecule has 0 bridgehead atoms. The summed E-state index contributed by atoms with van der Waals surface area (Å²) >= 11 is 0. The van der Waals surface area contributed by atoms with E-state index in [1.807, 2.05) is 0 Å². The maximum atomic E-state index is 13.2. The van der Waals surface area contributed by atoms with Crippen LogP contribution in [0.15, 0.2) is 17.1 Å². The van der Waals surface area contributed by atoms with Crippen molar-refractivity contribution in [2.45, 2.75) is 104 Å². The van der Waals surface area contributed by atoms with Gasteiger partial charge in [0.05, 0.1) is 0 Å². The van der Waals surface area contributed by atoms with Crippen molar-refractivity contribution >= 4 is 26.1 Å². The summed E-state index contributed by atoms with van der Waals surface area (Å²) in [5, 5.41) is 0. The number of carbonyl (C=O) groups is 2. The highest BCUT2D eigenvalue weighted by molar-refractivity contribution is 6.76. The Kier molecular flexibility index (Phi) is 8.81. The van der Waals surface area contributed by atoms with Crippen LogP contribution in [0.1, 0.15) is 66.0 Å². The van der Waals surface area contributed by atoms with E-state index in [2.05, 4.69) is 29.6 Å². The van der Waals surface area contributed by atoms with Crippen LogP contribution in [-0.4, -0.2) is 57.4 Å². The average Bonchev–Trinajstić information content (AvgIpc) is 3.56. The van der Waals surface area contributed by atoms with Crippen molar-refractivity contribution in [2.24, 2.45) is 7.05 Å². The molecule has 3 rings (SSSR count). The van der Waals surface area contributed by atoms with Crippen LogP contribution in [-0.2, 0) is 28.0 Å². The lowest BCUT2D eigenvalue weighted by Gasteiger charge is -2.28. The van der Waals surface area contributed by atoms with E-state index in [-0.39, 0.29) is 35.4 Å². The molecule has 0 aromatic carbocycles. The highest BCUT2D eigenvalue weighted by Gasteiger charge is 2.36. The highest BCUT2D eigenvalue weighted by Crippen LogP contribution is 2.40. The Labute approximate surface area is 231 Å². The molecule has 2 aromatic rings. The lowest BCUT2D eigenvalue weighted by molar-refractivity contribution is 0.0429. The van der Waals surface area contributed by atoms with Crippen molar-refractivity contribution in [2.75, 3.05) is 11.5 Å². The number of carbonyl (C=O) groups excluding carboxylic acids is 2. The van der Waals surface area contributed by atoms with Gasteiger partial charge in [0.25, 0.3) is 5.56 Å². The van der Waals surface area contributed by atoms with E-state index in [9.17, 15) is 14.4 Å². The van der Waals surface area contributed by atoms with Gasteiger partial charge in [-0.05, 0) is 60.4 Å². The van der Waals surface area contributed by atoms with E-state index in [4.69, 9.17) is 14.2 Å². The molecule has 1 fully saturated rings. The first-order valence-corrected chi connectivity index (χ1v) is 17.0. The van der Waals surface area contributed by atoms with Crippen LogP contribution in [0.25, 0.3) is 11.4 Å². The molecule has 0 spiro atoms. The van der Waals surface area contributed by atoms with E-state index in [0.717, 1.165) is 23.8 Å². The fourth-order valence-electron chi connectivity index (χ4n) is 3.55. The molecule has 0 atom stereocenters. The molecule has 0 radical (unpaired) electrons. The Morgan fingerprint density at radius 2 is 1.59 bits per heavy atom. The number of imide groups is 1. The highest BCUT2D eigenvalue weighted by atomic mass is 28.3. The van der Waals surface area contributed by atoms with Crippen molar-refractivity contribution in [3.05, 3.63) is 28.3 Å². The van der Waals surface area contributed by atoms with Gasteiger partial charge in [-0.2, -0.15) is 4.90 Å². The minimum absolute atomic E-state index is 0.00779. The van der Waals surface area contributed by atoms with Crippen LogP contribution in [0.4, 0.5) is 15.4 Å². The van der Waals surface area contributed by atoms with E-state index in [1.54, 1.807) is 65.5 Å². The summed E-state index contributed by atoms with van der Waals surface area (Å²) in [4.78, 5) is 49.6.